The first kappa shape index (κ1) is 15.1. The Balaban J connectivity index is 1.76. The van der Waals surface area contributed by atoms with Gasteiger partial charge in [0, 0.05) is 11.8 Å². The first-order valence-corrected chi connectivity index (χ1v) is 9.30. The van der Waals surface area contributed by atoms with Gasteiger partial charge >= 0.3 is 0 Å². The minimum atomic E-state index is -0.0953. The molecule has 1 saturated carbocycles. The van der Waals surface area contributed by atoms with Gasteiger partial charge in [0.1, 0.15) is 0 Å². The van der Waals surface area contributed by atoms with Gasteiger partial charge in [-0.15, -0.1) is 10.2 Å². The molecule has 106 valence electrons. The quantitative estimate of drug-likeness (QED) is 0.589. The number of amides is 1. The highest BCUT2D eigenvalue weighted by molar-refractivity contribution is 8.03. The van der Waals surface area contributed by atoms with Gasteiger partial charge in [-0.25, -0.2) is 0 Å². The van der Waals surface area contributed by atoms with Gasteiger partial charge in [0.2, 0.25) is 5.91 Å². The van der Waals surface area contributed by atoms with Gasteiger partial charge in [-0.1, -0.05) is 48.2 Å². The molecule has 0 aliphatic heterocycles. The molecule has 0 saturated heterocycles. The van der Waals surface area contributed by atoms with Crippen LogP contribution in [0.1, 0.15) is 39.5 Å². The van der Waals surface area contributed by atoms with Crippen molar-refractivity contribution in [3.05, 3.63) is 0 Å². The zero-order valence-corrected chi connectivity index (χ0v) is 13.7. The lowest BCUT2D eigenvalue weighted by molar-refractivity contribution is -0.120. The van der Waals surface area contributed by atoms with Crippen LogP contribution in [0.3, 0.4) is 0 Å². The number of hydrogen-bond donors (Lipinski definition) is 1. The van der Waals surface area contributed by atoms with Crippen molar-refractivity contribution in [1.29, 1.82) is 0 Å². The first-order chi connectivity index (χ1) is 9.19. The summed E-state index contributed by atoms with van der Waals surface area (Å²) in [5, 5.41) is 11.2. The lowest BCUT2D eigenvalue weighted by atomic mass is 10.4. The molecular weight excluding hydrogens is 298 g/mol. The second-order valence-corrected chi connectivity index (χ2v) is 8.49. The summed E-state index contributed by atoms with van der Waals surface area (Å²) in [7, 11) is 0. The maximum absolute atomic E-state index is 11.8. The van der Waals surface area contributed by atoms with E-state index < -0.39 is 0 Å². The van der Waals surface area contributed by atoms with Gasteiger partial charge in [0.05, 0.1) is 5.25 Å². The molecule has 1 unspecified atom stereocenters. The van der Waals surface area contributed by atoms with Crippen LogP contribution in [0, 0.1) is 0 Å². The van der Waals surface area contributed by atoms with E-state index in [1.807, 2.05) is 6.92 Å². The summed E-state index contributed by atoms with van der Waals surface area (Å²) in [4.78, 5) is 11.8. The molecule has 1 amide bonds. The van der Waals surface area contributed by atoms with E-state index in [9.17, 15) is 4.79 Å². The Kier molecular flexibility index (Phi) is 5.97. The minimum absolute atomic E-state index is 0.0953. The van der Waals surface area contributed by atoms with E-state index in [0.29, 0.717) is 6.04 Å². The number of nitrogens with one attached hydrogen (secondary N) is 1. The number of nitrogens with zero attached hydrogens (tertiary/aromatic N) is 2. The molecule has 1 aromatic rings. The summed E-state index contributed by atoms with van der Waals surface area (Å²) in [6, 6.07) is 0.421. The Morgan fingerprint density at radius 1 is 1.47 bits per heavy atom. The largest absolute Gasteiger partial charge is 0.352 e. The number of thioether (sulfide) groups is 2. The Morgan fingerprint density at radius 3 is 2.89 bits per heavy atom. The van der Waals surface area contributed by atoms with E-state index in [4.69, 9.17) is 0 Å². The zero-order valence-electron chi connectivity index (χ0n) is 11.2. The predicted molar refractivity (Wildman–Crippen MR) is 82.0 cm³/mol. The molecule has 0 spiro atoms. The van der Waals surface area contributed by atoms with E-state index in [2.05, 4.69) is 22.4 Å². The molecule has 1 aromatic heterocycles. The maximum atomic E-state index is 11.8. The van der Waals surface area contributed by atoms with Crippen molar-refractivity contribution >= 4 is 40.8 Å². The zero-order chi connectivity index (χ0) is 13.7. The number of hydrogen-bond acceptors (Lipinski definition) is 6. The molecule has 1 heterocycles. The Labute approximate surface area is 126 Å². The molecule has 1 aliphatic rings. The maximum Gasteiger partial charge on any atom is 0.233 e. The Bertz CT molecular complexity index is 420. The van der Waals surface area contributed by atoms with E-state index in [-0.39, 0.29) is 11.2 Å². The van der Waals surface area contributed by atoms with Gasteiger partial charge in [-0.05, 0) is 26.2 Å². The monoisotopic (exact) mass is 317 g/mol. The van der Waals surface area contributed by atoms with Gasteiger partial charge in [0.15, 0.2) is 8.68 Å². The topological polar surface area (TPSA) is 54.9 Å². The third-order valence-corrected chi connectivity index (χ3v) is 6.01. The molecule has 0 radical (unpaired) electrons. The highest BCUT2D eigenvalue weighted by Crippen LogP contribution is 2.32. The highest BCUT2D eigenvalue weighted by Gasteiger charge is 2.26. The van der Waals surface area contributed by atoms with Crippen LogP contribution in [0.5, 0.6) is 0 Å². The van der Waals surface area contributed by atoms with E-state index in [1.165, 1.54) is 24.6 Å². The third-order valence-electron chi connectivity index (χ3n) is 2.68. The minimum Gasteiger partial charge on any atom is -0.352 e. The smallest absolute Gasteiger partial charge is 0.233 e. The summed E-state index contributed by atoms with van der Waals surface area (Å²) < 4.78 is 1.89. The van der Waals surface area contributed by atoms with E-state index in [1.54, 1.807) is 23.1 Å². The summed E-state index contributed by atoms with van der Waals surface area (Å²) in [6.45, 7) is 4.11. The fourth-order valence-corrected chi connectivity index (χ4v) is 4.69. The molecular formula is C12H19N3OS3. The van der Waals surface area contributed by atoms with E-state index >= 15 is 0 Å². The van der Waals surface area contributed by atoms with Crippen LogP contribution >= 0.6 is 34.9 Å². The molecule has 19 heavy (non-hydrogen) atoms. The van der Waals surface area contributed by atoms with Gasteiger partial charge in [-0.2, -0.15) is 0 Å². The average molecular weight is 318 g/mol. The fraction of sp³-hybridized carbons (Fsp3) is 0.750. The third kappa shape index (κ3) is 5.31. The number of unbranched alkanes of at least 4 members (excludes halogenated alkanes) is 1. The molecule has 1 N–H and O–H groups in total. The van der Waals surface area contributed by atoms with Crippen LogP contribution in [0.15, 0.2) is 8.68 Å². The van der Waals surface area contributed by atoms with Gasteiger partial charge in [0.25, 0.3) is 0 Å². The summed E-state index contributed by atoms with van der Waals surface area (Å²) >= 11 is 4.84. The Morgan fingerprint density at radius 2 is 2.21 bits per heavy atom. The van der Waals surface area contributed by atoms with Crippen molar-refractivity contribution < 1.29 is 4.79 Å². The number of rotatable bonds is 8. The average Bonchev–Trinajstić information content (AvgIpc) is 3.09. The van der Waals surface area contributed by atoms with Crippen LogP contribution in [0.25, 0.3) is 0 Å². The Hall–Kier alpha value is -0.270. The summed E-state index contributed by atoms with van der Waals surface area (Å²) in [5.74, 6) is 1.20. The summed E-state index contributed by atoms with van der Waals surface area (Å²) in [6.07, 6.45) is 4.65. The summed E-state index contributed by atoms with van der Waals surface area (Å²) in [5.41, 5.74) is 0. The second kappa shape index (κ2) is 7.50. The molecule has 7 heteroatoms. The molecule has 2 rings (SSSR count). The van der Waals surface area contributed by atoms with Crippen LogP contribution in [-0.2, 0) is 4.79 Å². The number of aromatic nitrogens is 2. The molecule has 0 bridgehead atoms. The van der Waals surface area contributed by atoms with Gasteiger partial charge < -0.3 is 5.32 Å². The first-order valence-electron chi connectivity index (χ1n) is 6.62. The normalized spacial score (nSPS) is 16.3. The molecule has 1 atom stereocenters. The molecule has 1 aliphatic carbocycles. The molecule has 0 aromatic carbocycles. The lowest BCUT2D eigenvalue weighted by Gasteiger charge is -2.08. The number of carbonyl (C=O) groups excluding carboxylic acids is 1. The van der Waals surface area contributed by atoms with Crippen molar-refractivity contribution in [3.63, 3.8) is 0 Å². The fourth-order valence-electron chi connectivity index (χ4n) is 1.36. The van der Waals surface area contributed by atoms with Gasteiger partial charge in [-0.3, -0.25) is 4.79 Å². The van der Waals surface area contributed by atoms with Crippen LogP contribution in [0.2, 0.25) is 0 Å². The lowest BCUT2D eigenvalue weighted by Crippen LogP contribution is -2.32. The van der Waals surface area contributed by atoms with Crippen molar-refractivity contribution in [2.24, 2.45) is 0 Å². The van der Waals surface area contributed by atoms with Crippen molar-refractivity contribution in [2.45, 2.75) is 59.5 Å². The van der Waals surface area contributed by atoms with Crippen molar-refractivity contribution in [3.8, 4) is 0 Å². The molecule has 4 nitrogen and oxygen atoms in total. The number of carbonyl (C=O) groups is 1. The molecule has 1 fully saturated rings. The van der Waals surface area contributed by atoms with Crippen LogP contribution in [0.4, 0.5) is 0 Å². The van der Waals surface area contributed by atoms with Crippen molar-refractivity contribution in [2.75, 3.05) is 5.75 Å². The van der Waals surface area contributed by atoms with E-state index in [0.717, 1.165) is 27.3 Å². The second-order valence-electron chi connectivity index (χ2n) is 4.58. The van der Waals surface area contributed by atoms with Crippen LogP contribution < -0.4 is 5.32 Å². The predicted octanol–water partition coefficient (Wildman–Crippen LogP) is 3.19. The van der Waals surface area contributed by atoms with Crippen LogP contribution in [-0.4, -0.2) is 33.1 Å². The highest BCUT2D eigenvalue weighted by atomic mass is 32.2. The standard InChI is InChI=1S/C12H19N3OS3/c1-3-4-7-17-11-14-15-12(19-11)18-8(2)10(16)13-9-5-6-9/h8-9H,3-7H2,1-2H3,(H,13,16). The SMILES string of the molecule is CCCCSc1nnc(SC(C)C(=O)NC2CC2)s1. The van der Waals surface area contributed by atoms with Crippen molar-refractivity contribution in [1.82, 2.24) is 15.5 Å².